The van der Waals surface area contributed by atoms with Crippen molar-refractivity contribution < 1.29 is 14.3 Å². The first-order chi connectivity index (χ1) is 10.1. The van der Waals surface area contributed by atoms with E-state index in [1.807, 2.05) is 30.3 Å². The van der Waals surface area contributed by atoms with Crippen LogP contribution in [-0.2, 0) is 16.6 Å². The zero-order valence-corrected chi connectivity index (χ0v) is 11.4. The summed E-state index contributed by atoms with van der Waals surface area (Å²) in [6.07, 6.45) is 5.69. The van der Waals surface area contributed by atoms with Crippen molar-refractivity contribution in [1.29, 1.82) is 0 Å². The van der Waals surface area contributed by atoms with Gasteiger partial charge < -0.3 is 5.11 Å². The Hall–Kier alpha value is -2.60. The molecule has 0 aliphatic carbocycles. The van der Waals surface area contributed by atoms with Crippen LogP contribution >= 0.6 is 0 Å². The van der Waals surface area contributed by atoms with Gasteiger partial charge in [0.1, 0.15) is 11.2 Å². The molecule has 0 aliphatic rings. The molecule has 0 unspecified atom stereocenters. The fourth-order valence-electron chi connectivity index (χ4n) is 2.43. The summed E-state index contributed by atoms with van der Waals surface area (Å²) in [5.41, 5.74) is 0.141. The van der Waals surface area contributed by atoms with Crippen LogP contribution in [-0.4, -0.2) is 11.1 Å². The predicted octanol–water partition coefficient (Wildman–Crippen LogP) is 3.41. The van der Waals surface area contributed by atoms with Crippen molar-refractivity contribution in [2.24, 2.45) is 0 Å². The number of rotatable bonds is 5. The Balaban J connectivity index is 2.50. The first-order valence-electron chi connectivity index (χ1n) is 6.55. The highest BCUT2D eigenvalue weighted by Gasteiger charge is 2.39. The second-order valence-corrected chi connectivity index (χ2v) is 4.94. The third-order valence-corrected chi connectivity index (χ3v) is 3.56. The van der Waals surface area contributed by atoms with Crippen molar-refractivity contribution in [1.82, 2.24) is 0 Å². The van der Waals surface area contributed by atoms with Crippen molar-refractivity contribution in [2.45, 2.75) is 18.3 Å². The van der Waals surface area contributed by atoms with Crippen LogP contribution in [0.25, 0.3) is 0 Å². The standard InChI is InChI=1S/C18H15FO2/c1-2-12-18(17(20)21,13-14-6-4-3-5-7-14)15-8-10-16(19)11-9-15/h1,3-11H,12-13H2,(H,20,21)/t18-/m0/s1. The first kappa shape index (κ1) is 14.8. The monoisotopic (exact) mass is 282 g/mol. The highest BCUT2D eigenvalue weighted by Crippen LogP contribution is 2.32. The van der Waals surface area contributed by atoms with Crippen LogP contribution in [0.3, 0.4) is 0 Å². The van der Waals surface area contributed by atoms with E-state index in [4.69, 9.17) is 6.42 Å². The van der Waals surface area contributed by atoms with Gasteiger partial charge in [0.2, 0.25) is 0 Å². The highest BCUT2D eigenvalue weighted by atomic mass is 19.1. The van der Waals surface area contributed by atoms with Crippen molar-refractivity contribution in [2.75, 3.05) is 0 Å². The molecule has 2 nitrogen and oxygen atoms in total. The van der Waals surface area contributed by atoms with Crippen molar-refractivity contribution >= 4 is 5.97 Å². The molecule has 1 N–H and O–H groups in total. The van der Waals surface area contributed by atoms with Gasteiger partial charge in [-0.3, -0.25) is 4.79 Å². The Bertz CT molecular complexity index is 656. The lowest BCUT2D eigenvalue weighted by atomic mass is 9.73. The van der Waals surface area contributed by atoms with Gasteiger partial charge in [-0.15, -0.1) is 12.3 Å². The normalized spacial score (nSPS) is 13.1. The van der Waals surface area contributed by atoms with Gasteiger partial charge in [-0.2, -0.15) is 0 Å². The summed E-state index contributed by atoms with van der Waals surface area (Å²) in [4.78, 5) is 11.9. The van der Waals surface area contributed by atoms with Gasteiger partial charge in [0.25, 0.3) is 0 Å². The Morgan fingerprint density at radius 3 is 2.29 bits per heavy atom. The molecule has 0 saturated carbocycles. The lowest BCUT2D eigenvalue weighted by Gasteiger charge is -2.28. The van der Waals surface area contributed by atoms with Crippen LogP contribution < -0.4 is 0 Å². The molecule has 106 valence electrons. The smallest absolute Gasteiger partial charge is 0.315 e. The first-order valence-corrected chi connectivity index (χ1v) is 6.55. The van der Waals surface area contributed by atoms with Gasteiger partial charge in [0.15, 0.2) is 0 Å². The van der Waals surface area contributed by atoms with Crippen LogP contribution in [0.5, 0.6) is 0 Å². The van der Waals surface area contributed by atoms with E-state index in [2.05, 4.69) is 5.92 Å². The summed E-state index contributed by atoms with van der Waals surface area (Å²) in [5, 5.41) is 9.75. The molecule has 0 fully saturated rings. The van der Waals surface area contributed by atoms with E-state index in [0.29, 0.717) is 5.56 Å². The van der Waals surface area contributed by atoms with E-state index >= 15 is 0 Å². The SMILES string of the molecule is C#CC[C@@](Cc1ccccc1)(C(=O)O)c1ccc(F)cc1. The predicted molar refractivity (Wildman–Crippen MR) is 79.3 cm³/mol. The lowest BCUT2D eigenvalue weighted by Crippen LogP contribution is -2.38. The summed E-state index contributed by atoms with van der Waals surface area (Å²) in [6, 6.07) is 14.8. The summed E-state index contributed by atoms with van der Waals surface area (Å²) >= 11 is 0. The van der Waals surface area contributed by atoms with Crippen molar-refractivity contribution in [3.63, 3.8) is 0 Å². The molecule has 0 heterocycles. The number of hydrogen-bond acceptors (Lipinski definition) is 1. The van der Waals surface area contributed by atoms with Crippen LogP contribution in [0.2, 0.25) is 0 Å². The maximum atomic E-state index is 13.1. The number of carboxylic acid groups (broad SMARTS) is 1. The molecule has 1 atom stereocenters. The lowest BCUT2D eigenvalue weighted by molar-refractivity contribution is -0.143. The second kappa shape index (κ2) is 6.23. The molecule has 0 radical (unpaired) electrons. The molecule has 0 bridgehead atoms. The maximum absolute atomic E-state index is 13.1. The molecule has 2 aromatic carbocycles. The fourth-order valence-corrected chi connectivity index (χ4v) is 2.43. The van der Waals surface area contributed by atoms with Crippen molar-refractivity contribution in [3.8, 4) is 12.3 Å². The number of halogens is 1. The highest BCUT2D eigenvalue weighted by molar-refractivity contribution is 5.82. The fraction of sp³-hybridized carbons (Fsp3) is 0.167. The molecule has 0 aliphatic heterocycles. The molecule has 3 heteroatoms. The largest absolute Gasteiger partial charge is 0.481 e. The van der Waals surface area contributed by atoms with Gasteiger partial charge >= 0.3 is 5.97 Å². The van der Waals surface area contributed by atoms with Gasteiger partial charge in [-0.25, -0.2) is 4.39 Å². The average Bonchev–Trinajstić information content (AvgIpc) is 2.48. The third-order valence-electron chi connectivity index (χ3n) is 3.56. The number of hydrogen-bond donors (Lipinski definition) is 1. The van der Waals surface area contributed by atoms with Crippen LogP contribution in [0.4, 0.5) is 4.39 Å². The molecule has 0 spiro atoms. The van der Waals surface area contributed by atoms with Gasteiger partial charge in [-0.05, 0) is 29.7 Å². The van der Waals surface area contributed by atoms with Crippen LogP contribution in [0.15, 0.2) is 54.6 Å². The minimum atomic E-state index is -1.25. The van der Waals surface area contributed by atoms with E-state index in [1.54, 1.807) is 0 Å². The average molecular weight is 282 g/mol. The quantitative estimate of drug-likeness (QED) is 0.853. The topological polar surface area (TPSA) is 37.3 Å². The molecule has 0 amide bonds. The number of carboxylic acids is 1. The van der Waals surface area contributed by atoms with Crippen LogP contribution in [0, 0.1) is 18.2 Å². The van der Waals surface area contributed by atoms with E-state index in [1.165, 1.54) is 24.3 Å². The third kappa shape index (κ3) is 3.11. The summed E-state index contributed by atoms with van der Waals surface area (Å²) < 4.78 is 13.1. The molecule has 21 heavy (non-hydrogen) atoms. The van der Waals surface area contributed by atoms with Crippen molar-refractivity contribution in [3.05, 3.63) is 71.5 Å². The molecule has 2 rings (SSSR count). The van der Waals surface area contributed by atoms with Crippen LogP contribution in [0.1, 0.15) is 17.5 Å². The Kier molecular flexibility index (Phi) is 4.39. The summed E-state index contributed by atoms with van der Waals surface area (Å²) in [5.74, 6) is 1.04. The number of terminal acetylenes is 1. The maximum Gasteiger partial charge on any atom is 0.315 e. The van der Waals surface area contributed by atoms with Gasteiger partial charge in [-0.1, -0.05) is 42.5 Å². The molecule has 2 aromatic rings. The zero-order chi connectivity index (χ0) is 15.3. The van der Waals surface area contributed by atoms with Gasteiger partial charge in [0, 0.05) is 6.42 Å². The summed E-state index contributed by atoms with van der Waals surface area (Å²) in [6.45, 7) is 0. The van der Waals surface area contributed by atoms with E-state index < -0.39 is 17.2 Å². The number of benzene rings is 2. The zero-order valence-electron chi connectivity index (χ0n) is 11.4. The van der Waals surface area contributed by atoms with E-state index in [-0.39, 0.29) is 12.8 Å². The Morgan fingerprint density at radius 2 is 1.76 bits per heavy atom. The van der Waals surface area contributed by atoms with Gasteiger partial charge in [0.05, 0.1) is 0 Å². The molecular weight excluding hydrogens is 267 g/mol. The second-order valence-electron chi connectivity index (χ2n) is 4.94. The summed E-state index contributed by atoms with van der Waals surface area (Å²) in [7, 11) is 0. The Labute approximate surface area is 123 Å². The molecular formula is C18H15FO2. The Morgan fingerprint density at radius 1 is 1.14 bits per heavy atom. The number of carbonyl (C=O) groups is 1. The minimum Gasteiger partial charge on any atom is -0.481 e. The van der Waals surface area contributed by atoms with E-state index in [0.717, 1.165) is 5.56 Å². The van der Waals surface area contributed by atoms with E-state index in [9.17, 15) is 14.3 Å². The minimum absolute atomic E-state index is 0.0445. The molecule has 0 saturated heterocycles. The number of aliphatic carboxylic acids is 1. The molecule has 0 aromatic heterocycles.